The zero-order chi connectivity index (χ0) is 8.69. The van der Waals surface area contributed by atoms with Crippen molar-refractivity contribution in [3.63, 3.8) is 0 Å². The zero-order valence-electron chi connectivity index (χ0n) is 6.41. The molecule has 0 aromatic heterocycles. The summed E-state index contributed by atoms with van der Waals surface area (Å²) in [5, 5.41) is 10.3. The molecule has 0 rings (SSSR count). The number of hydrogen-bond donors (Lipinski definition) is 2. The summed E-state index contributed by atoms with van der Waals surface area (Å²) < 4.78 is 0. The lowest BCUT2D eigenvalue weighted by atomic mass is 10.4. The third-order valence-electron chi connectivity index (χ3n) is 1.14. The van der Waals surface area contributed by atoms with E-state index in [1.165, 1.54) is 4.90 Å². The molecular weight excluding hydrogens is 148 g/mol. The highest BCUT2D eigenvalue weighted by Gasteiger charge is 1.94. The largest absolute Gasteiger partial charge is 0.465 e. The third kappa shape index (κ3) is 6.63. The number of carbonyl (C=O) groups is 2. The van der Waals surface area contributed by atoms with E-state index in [1.807, 2.05) is 0 Å². The molecule has 0 aliphatic carbocycles. The topological polar surface area (TPSA) is 69.6 Å². The molecule has 0 heterocycles. The van der Waals surface area contributed by atoms with Crippen LogP contribution in [0.1, 0.15) is 6.42 Å². The maximum absolute atomic E-state index is 10.0. The highest BCUT2D eigenvalue weighted by atomic mass is 16.4. The molecule has 0 saturated heterocycles. The van der Waals surface area contributed by atoms with Gasteiger partial charge in [0.2, 0.25) is 6.41 Å². The van der Waals surface area contributed by atoms with Crippen molar-refractivity contribution in [2.45, 2.75) is 6.42 Å². The van der Waals surface area contributed by atoms with Gasteiger partial charge < -0.3 is 15.3 Å². The molecule has 5 nitrogen and oxygen atoms in total. The Morgan fingerprint density at radius 2 is 2.36 bits per heavy atom. The molecule has 0 aromatic rings. The maximum Gasteiger partial charge on any atom is 0.404 e. The van der Waals surface area contributed by atoms with Crippen LogP contribution < -0.4 is 5.32 Å². The second-order valence-electron chi connectivity index (χ2n) is 2.17. The Kier molecular flexibility index (Phi) is 4.89. The number of carboxylic acid groups (broad SMARTS) is 1. The minimum atomic E-state index is -1.03. The second kappa shape index (κ2) is 5.52. The van der Waals surface area contributed by atoms with Gasteiger partial charge in [-0.05, 0) is 6.42 Å². The first kappa shape index (κ1) is 9.74. The fourth-order valence-corrected chi connectivity index (χ4v) is 0.576. The molecular formula is C6H12N2O3. The third-order valence-corrected chi connectivity index (χ3v) is 1.14. The fraction of sp³-hybridized carbons (Fsp3) is 0.667. The van der Waals surface area contributed by atoms with Crippen molar-refractivity contribution in [1.82, 2.24) is 10.2 Å². The van der Waals surface area contributed by atoms with Crippen LogP contribution in [0.3, 0.4) is 0 Å². The van der Waals surface area contributed by atoms with E-state index in [0.717, 1.165) is 0 Å². The zero-order valence-corrected chi connectivity index (χ0v) is 6.41. The second-order valence-corrected chi connectivity index (χ2v) is 2.17. The van der Waals surface area contributed by atoms with Crippen LogP contribution in [0.15, 0.2) is 0 Å². The molecule has 0 unspecified atom stereocenters. The Bertz CT molecular complexity index is 138. The Labute approximate surface area is 65.0 Å². The molecule has 0 spiro atoms. The molecule has 0 aliphatic heterocycles. The van der Waals surface area contributed by atoms with Gasteiger partial charge in [-0.3, -0.25) is 4.79 Å². The highest BCUT2D eigenvalue weighted by molar-refractivity contribution is 5.64. The predicted octanol–water partition coefficient (Wildman–Crippen LogP) is -0.268. The molecule has 0 aliphatic rings. The molecule has 0 fully saturated rings. The number of nitrogens with one attached hydrogen (secondary N) is 1. The SMILES string of the molecule is CN(C=O)CCCNC(=O)O. The lowest BCUT2D eigenvalue weighted by Crippen LogP contribution is -2.26. The van der Waals surface area contributed by atoms with Crippen LogP contribution in [0.5, 0.6) is 0 Å². The van der Waals surface area contributed by atoms with Crippen LogP contribution in [0, 0.1) is 0 Å². The molecule has 0 radical (unpaired) electrons. The summed E-state index contributed by atoms with van der Waals surface area (Å²) in [4.78, 5) is 21.4. The lowest BCUT2D eigenvalue weighted by molar-refractivity contribution is -0.117. The molecule has 0 aromatic carbocycles. The molecule has 0 saturated carbocycles. The van der Waals surface area contributed by atoms with E-state index in [9.17, 15) is 9.59 Å². The van der Waals surface area contributed by atoms with Gasteiger partial charge in [-0.15, -0.1) is 0 Å². The van der Waals surface area contributed by atoms with E-state index in [2.05, 4.69) is 5.32 Å². The molecule has 0 bridgehead atoms. The van der Waals surface area contributed by atoms with E-state index in [-0.39, 0.29) is 0 Å². The number of nitrogens with zero attached hydrogens (tertiary/aromatic N) is 1. The van der Waals surface area contributed by atoms with Crippen molar-refractivity contribution in [2.24, 2.45) is 0 Å². The summed E-state index contributed by atoms with van der Waals surface area (Å²) in [5.74, 6) is 0. The van der Waals surface area contributed by atoms with Crippen LogP contribution in [0.2, 0.25) is 0 Å². The van der Waals surface area contributed by atoms with Crippen molar-refractivity contribution >= 4 is 12.5 Å². The van der Waals surface area contributed by atoms with Gasteiger partial charge in [-0.25, -0.2) is 4.79 Å². The molecule has 11 heavy (non-hydrogen) atoms. The molecule has 2 amide bonds. The van der Waals surface area contributed by atoms with Crippen LogP contribution in [0.4, 0.5) is 4.79 Å². The van der Waals surface area contributed by atoms with Crippen LogP contribution in [-0.2, 0) is 4.79 Å². The number of rotatable bonds is 5. The lowest BCUT2D eigenvalue weighted by Gasteiger charge is -2.08. The summed E-state index contributed by atoms with van der Waals surface area (Å²) in [7, 11) is 1.65. The van der Waals surface area contributed by atoms with Crippen LogP contribution >= 0.6 is 0 Å². The first-order chi connectivity index (χ1) is 5.16. The van der Waals surface area contributed by atoms with Gasteiger partial charge in [0, 0.05) is 20.1 Å². The van der Waals surface area contributed by atoms with Crippen LogP contribution in [-0.4, -0.2) is 42.6 Å². The highest BCUT2D eigenvalue weighted by Crippen LogP contribution is 1.80. The van der Waals surface area contributed by atoms with Crippen LogP contribution in [0.25, 0.3) is 0 Å². The van der Waals surface area contributed by atoms with Crippen molar-refractivity contribution in [3.05, 3.63) is 0 Å². The van der Waals surface area contributed by atoms with E-state index in [0.29, 0.717) is 25.9 Å². The Morgan fingerprint density at radius 1 is 1.73 bits per heavy atom. The van der Waals surface area contributed by atoms with Gasteiger partial charge >= 0.3 is 6.09 Å². The van der Waals surface area contributed by atoms with E-state index >= 15 is 0 Å². The minimum absolute atomic E-state index is 0.382. The summed E-state index contributed by atoms with van der Waals surface area (Å²) in [6.07, 6.45) is 0.321. The normalized spacial score (nSPS) is 8.82. The van der Waals surface area contributed by atoms with E-state index in [1.54, 1.807) is 7.05 Å². The first-order valence-corrected chi connectivity index (χ1v) is 3.29. The standard InChI is InChI=1S/C6H12N2O3/c1-8(5-9)4-2-3-7-6(10)11/h5,7H,2-4H2,1H3,(H,10,11). The van der Waals surface area contributed by atoms with E-state index in [4.69, 9.17) is 5.11 Å². The molecule has 2 N–H and O–H groups in total. The minimum Gasteiger partial charge on any atom is -0.465 e. The number of hydrogen-bond acceptors (Lipinski definition) is 2. The molecule has 0 atom stereocenters. The smallest absolute Gasteiger partial charge is 0.404 e. The number of amides is 2. The van der Waals surface area contributed by atoms with Gasteiger partial charge in [0.1, 0.15) is 0 Å². The monoisotopic (exact) mass is 160 g/mol. The molecule has 5 heteroatoms. The fourth-order valence-electron chi connectivity index (χ4n) is 0.576. The number of carbonyl (C=O) groups excluding carboxylic acids is 1. The van der Waals surface area contributed by atoms with Gasteiger partial charge in [0.15, 0.2) is 0 Å². The average molecular weight is 160 g/mol. The van der Waals surface area contributed by atoms with Gasteiger partial charge in [0.05, 0.1) is 0 Å². The van der Waals surface area contributed by atoms with Gasteiger partial charge in [-0.2, -0.15) is 0 Å². The van der Waals surface area contributed by atoms with E-state index < -0.39 is 6.09 Å². The van der Waals surface area contributed by atoms with Gasteiger partial charge in [0.25, 0.3) is 0 Å². The quantitative estimate of drug-likeness (QED) is 0.429. The Morgan fingerprint density at radius 3 is 2.82 bits per heavy atom. The maximum atomic E-state index is 10.0. The Balaban J connectivity index is 3.14. The average Bonchev–Trinajstić information content (AvgIpc) is 1.97. The summed E-state index contributed by atoms with van der Waals surface area (Å²) >= 11 is 0. The molecule has 64 valence electrons. The van der Waals surface area contributed by atoms with Crippen molar-refractivity contribution < 1.29 is 14.7 Å². The van der Waals surface area contributed by atoms with Gasteiger partial charge in [-0.1, -0.05) is 0 Å². The summed E-state index contributed by atoms with van der Waals surface area (Å²) in [6.45, 7) is 0.956. The predicted molar refractivity (Wildman–Crippen MR) is 39.3 cm³/mol. The van der Waals surface area contributed by atoms with Crippen molar-refractivity contribution in [2.75, 3.05) is 20.1 Å². The summed E-state index contributed by atoms with van der Waals surface area (Å²) in [6, 6.07) is 0. The van der Waals surface area contributed by atoms with Crippen molar-refractivity contribution in [3.8, 4) is 0 Å². The Hall–Kier alpha value is -1.26. The van der Waals surface area contributed by atoms with Crippen molar-refractivity contribution in [1.29, 1.82) is 0 Å². The summed E-state index contributed by atoms with van der Waals surface area (Å²) in [5.41, 5.74) is 0. The first-order valence-electron chi connectivity index (χ1n) is 3.29.